The van der Waals surface area contributed by atoms with E-state index in [2.05, 4.69) is 15.8 Å². The minimum absolute atomic E-state index is 0.394. The van der Waals surface area contributed by atoms with Gasteiger partial charge in [0.15, 0.2) is 6.61 Å². The molecule has 0 aromatic heterocycles. The van der Waals surface area contributed by atoms with Crippen LogP contribution in [-0.4, -0.2) is 35.7 Å². The molecule has 0 bridgehead atoms. The van der Waals surface area contributed by atoms with Gasteiger partial charge in [-0.15, -0.1) is 0 Å². The molecule has 0 heterocycles. The van der Waals surface area contributed by atoms with E-state index in [4.69, 9.17) is 9.84 Å². The van der Waals surface area contributed by atoms with E-state index in [-0.39, 0.29) is 0 Å². The number of hydrazone groups is 1. The summed E-state index contributed by atoms with van der Waals surface area (Å²) in [5.74, 6) is -2.41. The molecule has 25 heavy (non-hydrogen) atoms. The third-order valence-electron chi connectivity index (χ3n) is 2.86. The van der Waals surface area contributed by atoms with Crippen LogP contribution in [0, 0.1) is 0 Å². The maximum absolute atomic E-state index is 11.7. The summed E-state index contributed by atoms with van der Waals surface area (Å²) in [4.78, 5) is 33.7. The van der Waals surface area contributed by atoms with Crippen LogP contribution >= 0.6 is 0 Å². The maximum atomic E-state index is 11.7. The van der Waals surface area contributed by atoms with Crippen molar-refractivity contribution in [1.82, 2.24) is 5.43 Å². The van der Waals surface area contributed by atoms with Crippen molar-refractivity contribution in [3.63, 3.8) is 0 Å². The van der Waals surface area contributed by atoms with Gasteiger partial charge in [-0.2, -0.15) is 5.10 Å². The highest BCUT2D eigenvalue weighted by Gasteiger charge is 2.12. The molecule has 0 fully saturated rings. The van der Waals surface area contributed by atoms with Crippen LogP contribution in [0.25, 0.3) is 0 Å². The van der Waals surface area contributed by atoms with Crippen LogP contribution in [-0.2, 0) is 14.4 Å². The number of aliphatic carboxylic acids is 1. The first kappa shape index (κ1) is 17.7. The van der Waals surface area contributed by atoms with E-state index in [1.54, 1.807) is 54.6 Å². The molecule has 0 saturated carbocycles. The lowest BCUT2D eigenvalue weighted by Gasteiger charge is -2.03. The molecule has 0 aliphatic heterocycles. The van der Waals surface area contributed by atoms with Gasteiger partial charge in [0.05, 0.1) is 6.21 Å². The van der Waals surface area contributed by atoms with Crippen molar-refractivity contribution >= 4 is 29.7 Å². The zero-order chi connectivity index (χ0) is 18.1. The summed E-state index contributed by atoms with van der Waals surface area (Å²) in [7, 11) is 0. The molecule has 2 aromatic carbocycles. The van der Waals surface area contributed by atoms with Gasteiger partial charge in [0.1, 0.15) is 5.75 Å². The Labute approximate surface area is 143 Å². The number of nitrogens with zero attached hydrogens (tertiary/aromatic N) is 1. The summed E-state index contributed by atoms with van der Waals surface area (Å²) in [5, 5.41) is 14.6. The number of carboxylic acids is 1. The molecule has 128 valence electrons. The van der Waals surface area contributed by atoms with Gasteiger partial charge in [-0.1, -0.05) is 18.2 Å². The lowest BCUT2D eigenvalue weighted by molar-refractivity contribution is -0.139. The number of carbonyl (C=O) groups is 3. The Morgan fingerprint density at radius 1 is 1.00 bits per heavy atom. The van der Waals surface area contributed by atoms with Crippen LogP contribution in [0.3, 0.4) is 0 Å². The molecule has 0 aliphatic carbocycles. The Morgan fingerprint density at radius 3 is 2.32 bits per heavy atom. The highest BCUT2D eigenvalue weighted by atomic mass is 16.5. The lowest BCUT2D eigenvalue weighted by atomic mass is 10.2. The Morgan fingerprint density at radius 2 is 1.68 bits per heavy atom. The summed E-state index contributed by atoms with van der Waals surface area (Å²) in [6, 6.07) is 14.9. The predicted octanol–water partition coefficient (Wildman–Crippen LogP) is 1.24. The van der Waals surface area contributed by atoms with Crippen molar-refractivity contribution < 1.29 is 24.2 Å². The van der Waals surface area contributed by atoms with Crippen molar-refractivity contribution in [2.24, 2.45) is 5.10 Å². The summed E-state index contributed by atoms with van der Waals surface area (Å²) in [5.41, 5.74) is 3.25. The Hall–Kier alpha value is -3.68. The molecule has 0 unspecified atom stereocenters. The van der Waals surface area contributed by atoms with Gasteiger partial charge < -0.3 is 15.2 Å². The topological polar surface area (TPSA) is 117 Å². The molecule has 3 N–H and O–H groups in total. The van der Waals surface area contributed by atoms with Crippen molar-refractivity contribution in [3.05, 3.63) is 60.2 Å². The van der Waals surface area contributed by atoms with Gasteiger partial charge in [0.25, 0.3) is 0 Å². The molecule has 0 radical (unpaired) electrons. The standard InChI is InChI=1S/C17H15N3O5/c21-15(22)11-25-14-8-6-12(7-9-14)10-18-20-17(24)16(23)19-13-4-2-1-3-5-13/h1-10H,11H2,(H,19,23)(H,20,24)(H,21,22)/b18-10-. The number of para-hydroxylation sites is 1. The van der Waals surface area contributed by atoms with Crippen molar-refractivity contribution in [2.75, 3.05) is 11.9 Å². The zero-order valence-corrected chi connectivity index (χ0v) is 13.0. The molecule has 2 amide bonds. The third-order valence-corrected chi connectivity index (χ3v) is 2.86. The SMILES string of the molecule is O=C(O)COc1ccc(/C=N\NC(=O)C(=O)Nc2ccccc2)cc1. The molecule has 0 saturated heterocycles. The lowest BCUT2D eigenvalue weighted by Crippen LogP contribution is -2.32. The van der Waals surface area contributed by atoms with Gasteiger partial charge >= 0.3 is 17.8 Å². The van der Waals surface area contributed by atoms with Crippen LogP contribution < -0.4 is 15.5 Å². The van der Waals surface area contributed by atoms with Crippen LogP contribution in [0.4, 0.5) is 5.69 Å². The second kappa shape index (κ2) is 8.82. The number of benzene rings is 2. The van der Waals surface area contributed by atoms with Gasteiger partial charge in [-0.25, -0.2) is 10.2 Å². The molecule has 8 heteroatoms. The number of ether oxygens (including phenoxy) is 1. The normalized spacial score (nSPS) is 10.2. The minimum atomic E-state index is -1.07. The zero-order valence-electron chi connectivity index (χ0n) is 13.0. The third kappa shape index (κ3) is 6.14. The molecule has 8 nitrogen and oxygen atoms in total. The summed E-state index contributed by atoms with van der Waals surface area (Å²) in [6.45, 7) is -0.431. The summed E-state index contributed by atoms with van der Waals surface area (Å²) in [6.07, 6.45) is 1.34. The van der Waals surface area contributed by atoms with Crippen LogP contribution in [0.2, 0.25) is 0 Å². The number of hydrogen-bond donors (Lipinski definition) is 3. The van der Waals surface area contributed by atoms with Crippen LogP contribution in [0.1, 0.15) is 5.56 Å². The second-order valence-corrected chi connectivity index (χ2v) is 4.77. The first-order chi connectivity index (χ1) is 12.0. The van der Waals surface area contributed by atoms with Gasteiger partial charge in [-0.3, -0.25) is 9.59 Å². The smallest absolute Gasteiger partial charge is 0.341 e. The number of carboxylic acid groups (broad SMARTS) is 1. The van der Waals surface area contributed by atoms with Gasteiger partial charge in [0.2, 0.25) is 0 Å². The predicted molar refractivity (Wildman–Crippen MR) is 90.4 cm³/mol. The highest BCUT2D eigenvalue weighted by Crippen LogP contribution is 2.10. The second-order valence-electron chi connectivity index (χ2n) is 4.77. The maximum Gasteiger partial charge on any atom is 0.341 e. The molecular formula is C17H15N3O5. The number of nitrogens with one attached hydrogen (secondary N) is 2. The molecule has 0 aliphatic rings. The number of anilines is 1. The fraction of sp³-hybridized carbons (Fsp3) is 0.0588. The molecule has 0 atom stereocenters. The number of hydrogen-bond acceptors (Lipinski definition) is 5. The average molecular weight is 341 g/mol. The fourth-order valence-electron chi connectivity index (χ4n) is 1.72. The Bertz CT molecular complexity index is 773. The quantitative estimate of drug-likeness (QED) is 0.415. The van der Waals surface area contributed by atoms with Gasteiger partial charge in [-0.05, 0) is 42.0 Å². The molecule has 2 aromatic rings. The van der Waals surface area contributed by atoms with E-state index in [9.17, 15) is 14.4 Å². The largest absolute Gasteiger partial charge is 0.482 e. The molecular weight excluding hydrogens is 326 g/mol. The number of amides is 2. The number of rotatable bonds is 6. The van der Waals surface area contributed by atoms with E-state index in [0.717, 1.165) is 0 Å². The Kier molecular flexibility index (Phi) is 6.24. The van der Waals surface area contributed by atoms with Crippen molar-refractivity contribution in [1.29, 1.82) is 0 Å². The summed E-state index contributed by atoms with van der Waals surface area (Å²) < 4.78 is 4.99. The Balaban J connectivity index is 1.82. The van der Waals surface area contributed by atoms with Crippen molar-refractivity contribution in [2.45, 2.75) is 0 Å². The van der Waals surface area contributed by atoms with E-state index < -0.39 is 24.4 Å². The van der Waals surface area contributed by atoms with Crippen LogP contribution in [0.15, 0.2) is 59.7 Å². The first-order valence-electron chi connectivity index (χ1n) is 7.18. The summed E-state index contributed by atoms with van der Waals surface area (Å²) >= 11 is 0. The first-order valence-corrected chi connectivity index (χ1v) is 7.18. The molecule has 2 rings (SSSR count). The van der Waals surface area contributed by atoms with Crippen molar-refractivity contribution in [3.8, 4) is 5.75 Å². The highest BCUT2D eigenvalue weighted by molar-refractivity contribution is 6.39. The number of carbonyl (C=O) groups excluding carboxylic acids is 2. The minimum Gasteiger partial charge on any atom is -0.482 e. The average Bonchev–Trinajstić information content (AvgIpc) is 2.61. The van der Waals surface area contributed by atoms with E-state index in [0.29, 0.717) is 17.0 Å². The molecule has 0 spiro atoms. The van der Waals surface area contributed by atoms with E-state index in [1.165, 1.54) is 6.21 Å². The fourth-order valence-corrected chi connectivity index (χ4v) is 1.72. The van der Waals surface area contributed by atoms with Gasteiger partial charge in [0, 0.05) is 5.69 Å². The van der Waals surface area contributed by atoms with E-state index >= 15 is 0 Å². The van der Waals surface area contributed by atoms with E-state index in [1.807, 2.05) is 0 Å². The van der Waals surface area contributed by atoms with Crippen LogP contribution in [0.5, 0.6) is 5.75 Å². The monoisotopic (exact) mass is 341 g/mol.